The number of thiazole rings is 1. The number of anilines is 1. The topological polar surface area (TPSA) is 51.2 Å². The first-order valence-corrected chi connectivity index (χ1v) is 11.0. The van der Waals surface area contributed by atoms with E-state index in [1.54, 1.807) is 23.5 Å². The summed E-state index contributed by atoms with van der Waals surface area (Å²) in [6, 6.07) is 26.7. The summed E-state index contributed by atoms with van der Waals surface area (Å²) in [5.41, 5.74) is 2.44. The monoisotopic (exact) mass is 428 g/mol. The summed E-state index contributed by atoms with van der Waals surface area (Å²) in [4.78, 5) is 17.6. The van der Waals surface area contributed by atoms with Crippen molar-refractivity contribution in [3.8, 4) is 22.1 Å². The van der Waals surface area contributed by atoms with E-state index >= 15 is 0 Å². The third-order valence-corrected chi connectivity index (χ3v) is 6.39. The van der Waals surface area contributed by atoms with Crippen LogP contribution in [0.4, 0.5) is 5.00 Å². The Hall–Kier alpha value is -3.48. The molecule has 30 heavy (non-hydrogen) atoms. The molecule has 4 nitrogen and oxygen atoms in total. The maximum absolute atomic E-state index is 12.9. The molecule has 0 aliphatic carbocycles. The second kappa shape index (κ2) is 8.10. The number of hydrogen-bond acceptors (Lipinski definition) is 5. The van der Waals surface area contributed by atoms with Crippen molar-refractivity contribution in [2.75, 3.05) is 5.32 Å². The number of thiophene rings is 1. The number of nitrogens with one attached hydrogen (secondary N) is 1. The van der Waals surface area contributed by atoms with Gasteiger partial charge in [0.1, 0.15) is 21.5 Å². The predicted octanol–water partition coefficient (Wildman–Crippen LogP) is 7.07. The van der Waals surface area contributed by atoms with E-state index in [-0.39, 0.29) is 5.91 Å². The quantitative estimate of drug-likeness (QED) is 0.326. The number of carbonyl (C=O) groups is 1. The molecule has 0 aliphatic heterocycles. The molecule has 1 amide bonds. The van der Waals surface area contributed by atoms with E-state index in [1.807, 2.05) is 72.1 Å². The highest BCUT2D eigenvalue weighted by Gasteiger charge is 2.15. The van der Waals surface area contributed by atoms with Crippen molar-refractivity contribution < 1.29 is 9.53 Å². The number of ether oxygens (including phenoxy) is 1. The number of carbonyl (C=O) groups excluding carboxylic acids is 1. The van der Waals surface area contributed by atoms with Crippen LogP contribution in [0.3, 0.4) is 0 Å². The molecule has 6 heteroatoms. The van der Waals surface area contributed by atoms with Gasteiger partial charge in [-0.2, -0.15) is 0 Å². The largest absolute Gasteiger partial charge is 0.457 e. The Labute approximate surface area is 181 Å². The minimum absolute atomic E-state index is 0.182. The number of hydrogen-bond donors (Lipinski definition) is 1. The maximum atomic E-state index is 12.9. The smallest absolute Gasteiger partial charge is 0.256 e. The van der Waals surface area contributed by atoms with Crippen LogP contribution in [0.25, 0.3) is 20.8 Å². The molecule has 5 aromatic rings. The Balaban J connectivity index is 1.38. The second-order valence-corrected chi connectivity index (χ2v) is 8.49. The van der Waals surface area contributed by atoms with E-state index in [9.17, 15) is 4.79 Å². The first-order chi connectivity index (χ1) is 14.8. The molecule has 0 fully saturated rings. The van der Waals surface area contributed by atoms with Crippen molar-refractivity contribution in [1.82, 2.24) is 4.98 Å². The summed E-state index contributed by atoms with van der Waals surface area (Å²) >= 11 is 3.11. The van der Waals surface area contributed by atoms with Crippen LogP contribution < -0.4 is 10.1 Å². The van der Waals surface area contributed by atoms with Crippen LogP contribution in [0.2, 0.25) is 0 Å². The Bertz CT molecular complexity index is 1290. The van der Waals surface area contributed by atoms with Crippen LogP contribution in [-0.4, -0.2) is 10.9 Å². The molecule has 3 aromatic carbocycles. The van der Waals surface area contributed by atoms with Crippen molar-refractivity contribution in [3.63, 3.8) is 0 Å². The van der Waals surface area contributed by atoms with Crippen LogP contribution in [-0.2, 0) is 0 Å². The fourth-order valence-electron chi connectivity index (χ4n) is 3.06. The third-order valence-electron chi connectivity index (χ3n) is 4.49. The summed E-state index contributed by atoms with van der Waals surface area (Å²) in [5, 5.41) is 6.68. The fraction of sp³-hybridized carbons (Fsp3) is 0. The van der Waals surface area contributed by atoms with Crippen molar-refractivity contribution in [2.24, 2.45) is 0 Å². The fourth-order valence-corrected chi connectivity index (χ4v) is 4.91. The Kier molecular flexibility index (Phi) is 5.01. The normalized spacial score (nSPS) is 10.8. The number of rotatable bonds is 5. The molecule has 0 radical (unpaired) electrons. The molecule has 0 saturated heterocycles. The van der Waals surface area contributed by atoms with Gasteiger partial charge in [0.25, 0.3) is 5.91 Å². The summed E-state index contributed by atoms with van der Waals surface area (Å²) in [6.07, 6.45) is 0. The summed E-state index contributed by atoms with van der Waals surface area (Å²) < 4.78 is 6.97. The SMILES string of the molecule is O=C(Nc1sccc1-c1nc2ccccc2s1)c1cccc(Oc2ccccc2)c1. The number of amides is 1. The zero-order chi connectivity index (χ0) is 20.3. The molecule has 1 N–H and O–H groups in total. The van der Waals surface area contributed by atoms with Crippen molar-refractivity contribution in [1.29, 1.82) is 0 Å². The first-order valence-electron chi connectivity index (χ1n) is 9.34. The molecule has 2 heterocycles. The van der Waals surface area contributed by atoms with Gasteiger partial charge in [-0.05, 0) is 53.9 Å². The van der Waals surface area contributed by atoms with Gasteiger partial charge in [-0.1, -0.05) is 36.4 Å². The van der Waals surface area contributed by atoms with Gasteiger partial charge >= 0.3 is 0 Å². The zero-order valence-electron chi connectivity index (χ0n) is 15.7. The van der Waals surface area contributed by atoms with Gasteiger partial charge in [0.15, 0.2) is 0 Å². The van der Waals surface area contributed by atoms with Crippen LogP contribution >= 0.6 is 22.7 Å². The molecule has 0 spiro atoms. The van der Waals surface area contributed by atoms with Gasteiger partial charge < -0.3 is 10.1 Å². The lowest BCUT2D eigenvalue weighted by molar-refractivity contribution is 0.102. The minimum atomic E-state index is -0.182. The van der Waals surface area contributed by atoms with Gasteiger partial charge in [-0.3, -0.25) is 4.79 Å². The molecule has 2 aromatic heterocycles. The Morgan fingerprint density at radius 2 is 1.67 bits per heavy atom. The van der Waals surface area contributed by atoms with E-state index in [1.165, 1.54) is 11.3 Å². The molecule has 0 bridgehead atoms. The zero-order valence-corrected chi connectivity index (χ0v) is 17.4. The Morgan fingerprint density at radius 3 is 2.53 bits per heavy atom. The highest BCUT2D eigenvalue weighted by Crippen LogP contribution is 2.38. The van der Waals surface area contributed by atoms with E-state index in [2.05, 4.69) is 11.4 Å². The lowest BCUT2D eigenvalue weighted by Gasteiger charge is -2.08. The summed E-state index contributed by atoms with van der Waals surface area (Å²) in [6.45, 7) is 0. The molecular formula is C24H16N2O2S2. The van der Waals surface area contributed by atoms with Crippen LogP contribution in [0.15, 0.2) is 90.3 Å². The van der Waals surface area contributed by atoms with E-state index < -0.39 is 0 Å². The Morgan fingerprint density at radius 1 is 0.867 bits per heavy atom. The molecule has 146 valence electrons. The van der Waals surface area contributed by atoms with Gasteiger partial charge in [0, 0.05) is 11.1 Å². The standard InChI is InChI=1S/C24H16N2O2S2/c27-22(16-7-6-10-18(15-16)28-17-8-2-1-3-9-17)26-23-19(13-14-29-23)24-25-20-11-4-5-12-21(20)30-24/h1-15H,(H,26,27). The van der Waals surface area contributed by atoms with Crippen LogP contribution in [0.1, 0.15) is 10.4 Å². The number of para-hydroxylation sites is 2. The van der Waals surface area contributed by atoms with E-state index in [0.717, 1.165) is 31.5 Å². The van der Waals surface area contributed by atoms with Crippen LogP contribution in [0.5, 0.6) is 11.5 Å². The number of benzene rings is 3. The second-order valence-electron chi connectivity index (χ2n) is 6.55. The predicted molar refractivity (Wildman–Crippen MR) is 124 cm³/mol. The number of fused-ring (bicyclic) bond motifs is 1. The van der Waals surface area contributed by atoms with Crippen LogP contribution in [0, 0.1) is 0 Å². The number of nitrogens with zero attached hydrogens (tertiary/aromatic N) is 1. The third kappa shape index (κ3) is 3.83. The summed E-state index contributed by atoms with van der Waals surface area (Å²) in [5.74, 6) is 1.16. The van der Waals surface area contributed by atoms with Crippen molar-refractivity contribution >= 4 is 43.8 Å². The van der Waals surface area contributed by atoms with Gasteiger partial charge in [-0.25, -0.2) is 4.98 Å². The van der Waals surface area contributed by atoms with Gasteiger partial charge in [0.05, 0.1) is 10.2 Å². The minimum Gasteiger partial charge on any atom is -0.457 e. The van der Waals surface area contributed by atoms with Gasteiger partial charge in [-0.15, -0.1) is 22.7 Å². The molecule has 0 unspecified atom stereocenters. The molecule has 0 aliphatic rings. The lowest BCUT2D eigenvalue weighted by Crippen LogP contribution is -2.11. The molecule has 0 saturated carbocycles. The van der Waals surface area contributed by atoms with Gasteiger partial charge in [0.2, 0.25) is 0 Å². The first kappa shape index (κ1) is 18.5. The van der Waals surface area contributed by atoms with E-state index in [4.69, 9.17) is 9.72 Å². The van der Waals surface area contributed by atoms with Crippen molar-refractivity contribution in [2.45, 2.75) is 0 Å². The molecule has 0 atom stereocenters. The average molecular weight is 429 g/mol. The summed E-state index contributed by atoms with van der Waals surface area (Å²) in [7, 11) is 0. The molecule has 5 rings (SSSR count). The van der Waals surface area contributed by atoms with Crippen molar-refractivity contribution in [3.05, 3.63) is 95.9 Å². The maximum Gasteiger partial charge on any atom is 0.256 e. The highest BCUT2D eigenvalue weighted by molar-refractivity contribution is 7.22. The number of aromatic nitrogens is 1. The van der Waals surface area contributed by atoms with E-state index in [0.29, 0.717) is 11.3 Å². The highest BCUT2D eigenvalue weighted by atomic mass is 32.1. The lowest BCUT2D eigenvalue weighted by atomic mass is 10.2. The molecular weight excluding hydrogens is 412 g/mol. The average Bonchev–Trinajstić information content (AvgIpc) is 3.41.